The molecule has 72 valence electrons. The standard InChI is InChI=1S/C10H8ClNO2/c11-9-5-7(14)1-2-8(9)10(3-4-10)12-6-13/h1-2,5,14H,3-4H2. The second-order valence-corrected chi connectivity index (χ2v) is 3.81. The molecular weight excluding hydrogens is 202 g/mol. The summed E-state index contributed by atoms with van der Waals surface area (Å²) in [6.45, 7) is 0. The van der Waals surface area contributed by atoms with Crippen molar-refractivity contribution in [1.29, 1.82) is 0 Å². The van der Waals surface area contributed by atoms with Crippen molar-refractivity contribution in [3.8, 4) is 5.75 Å². The van der Waals surface area contributed by atoms with Gasteiger partial charge in [-0.05, 0) is 30.5 Å². The number of hydrogen-bond donors (Lipinski definition) is 1. The van der Waals surface area contributed by atoms with Gasteiger partial charge in [0.2, 0.25) is 6.08 Å². The molecular formula is C10H8ClNO2. The van der Waals surface area contributed by atoms with E-state index in [0.29, 0.717) is 5.02 Å². The highest BCUT2D eigenvalue weighted by Gasteiger charge is 2.46. The number of carbonyl (C=O) groups excluding carboxylic acids is 1. The molecule has 14 heavy (non-hydrogen) atoms. The predicted octanol–water partition coefficient (Wildman–Crippen LogP) is 2.37. The first-order valence-electron chi connectivity index (χ1n) is 4.26. The number of phenols is 1. The van der Waals surface area contributed by atoms with Crippen LogP contribution in [0.25, 0.3) is 0 Å². The lowest BCUT2D eigenvalue weighted by molar-refractivity contribution is 0.475. The number of phenolic OH excluding ortho intramolecular Hbond substituents is 1. The van der Waals surface area contributed by atoms with Crippen LogP contribution >= 0.6 is 11.6 Å². The van der Waals surface area contributed by atoms with E-state index in [2.05, 4.69) is 4.99 Å². The summed E-state index contributed by atoms with van der Waals surface area (Å²) >= 11 is 5.94. The first-order chi connectivity index (χ1) is 6.68. The monoisotopic (exact) mass is 209 g/mol. The third kappa shape index (κ3) is 1.41. The average molecular weight is 210 g/mol. The largest absolute Gasteiger partial charge is 0.508 e. The van der Waals surface area contributed by atoms with E-state index in [9.17, 15) is 4.79 Å². The van der Waals surface area contributed by atoms with Gasteiger partial charge in [0.05, 0.1) is 5.54 Å². The lowest BCUT2D eigenvalue weighted by Crippen LogP contribution is -2.02. The Labute approximate surface area is 86.0 Å². The summed E-state index contributed by atoms with van der Waals surface area (Å²) < 4.78 is 0. The van der Waals surface area contributed by atoms with Gasteiger partial charge in [-0.2, -0.15) is 4.99 Å². The highest BCUT2D eigenvalue weighted by molar-refractivity contribution is 6.31. The Hall–Kier alpha value is -1.31. The van der Waals surface area contributed by atoms with Gasteiger partial charge in [-0.1, -0.05) is 17.7 Å². The van der Waals surface area contributed by atoms with Crippen molar-refractivity contribution in [3.05, 3.63) is 28.8 Å². The Bertz CT molecular complexity index is 420. The summed E-state index contributed by atoms with van der Waals surface area (Å²) in [6, 6.07) is 4.70. The smallest absolute Gasteiger partial charge is 0.235 e. The molecule has 3 nitrogen and oxygen atoms in total. The summed E-state index contributed by atoms with van der Waals surface area (Å²) in [6.07, 6.45) is 3.19. The number of benzene rings is 1. The maximum Gasteiger partial charge on any atom is 0.235 e. The minimum Gasteiger partial charge on any atom is -0.508 e. The van der Waals surface area contributed by atoms with Crippen LogP contribution in [0.4, 0.5) is 0 Å². The zero-order chi connectivity index (χ0) is 10.2. The molecule has 1 fully saturated rings. The quantitative estimate of drug-likeness (QED) is 0.601. The first kappa shape index (κ1) is 9.25. The molecule has 1 aromatic carbocycles. The Balaban J connectivity index is 2.47. The van der Waals surface area contributed by atoms with Crippen LogP contribution in [-0.4, -0.2) is 11.2 Å². The fourth-order valence-corrected chi connectivity index (χ4v) is 1.88. The molecule has 1 aliphatic carbocycles. The summed E-state index contributed by atoms with van der Waals surface area (Å²) in [7, 11) is 0. The van der Waals surface area contributed by atoms with E-state index in [0.717, 1.165) is 18.4 Å². The molecule has 1 aliphatic rings. The van der Waals surface area contributed by atoms with Gasteiger partial charge < -0.3 is 5.11 Å². The van der Waals surface area contributed by atoms with E-state index < -0.39 is 5.54 Å². The fourth-order valence-electron chi connectivity index (χ4n) is 1.53. The molecule has 0 unspecified atom stereocenters. The van der Waals surface area contributed by atoms with E-state index in [1.807, 2.05) is 0 Å². The summed E-state index contributed by atoms with van der Waals surface area (Å²) in [5.74, 6) is 0.115. The lowest BCUT2D eigenvalue weighted by Gasteiger charge is -2.10. The molecule has 4 heteroatoms. The molecule has 1 saturated carbocycles. The second kappa shape index (κ2) is 3.12. The molecule has 0 spiro atoms. The Morgan fingerprint density at radius 3 is 2.71 bits per heavy atom. The van der Waals surface area contributed by atoms with Crippen LogP contribution in [0, 0.1) is 0 Å². The molecule has 0 saturated heterocycles. The van der Waals surface area contributed by atoms with E-state index in [4.69, 9.17) is 16.7 Å². The number of nitrogens with zero attached hydrogens (tertiary/aromatic N) is 1. The van der Waals surface area contributed by atoms with E-state index >= 15 is 0 Å². The van der Waals surface area contributed by atoms with Crippen molar-refractivity contribution in [2.24, 2.45) is 4.99 Å². The van der Waals surface area contributed by atoms with Crippen molar-refractivity contribution in [3.63, 3.8) is 0 Å². The highest BCUT2D eigenvalue weighted by atomic mass is 35.5. The Morgan fingerprint density at radius 1 is 1.50 bits per heavy atom. The Kier molecular flexibility index (Phi) is 2.06. The van der Waals surface area contributed by atoms with Crippen molar-refractivity contribution < 1.29 is 9.90 Å². The van der Waals surface area contributed by atoms with Gasteiger partial charge in [0.1, 0.15) is 5.75 Å². The van der Waals surface area contributed by atoms with Crippen molar-refractivity contribution >= 4 is 17.7 Å². The summed E-state index contributed by atoms with van der Waals surface area (Å²) in [5.41, 5.74) is 0.326. The van der Waals surface area contributed by atoms with Gasteiger partial charge >= 0.3 is 0 Å². The van der Waals surface area contributed by atoms with Gasteiger partial charge in [-0.15, -0.1) is 0 Å². The van der Waals surface area contributed by atoms with Crippen LogP contribution in [0.3, 0.4) is 0 Å². The van der Waals surface area contributed by atoms with Crippen LogP contribution in [0.2, 0.25) is 5.02 Å². The Morgan fingerprint density at radius 2 is 2.21 bits per heavy atom. The molecule has 2 rings (SSSR count). The van der Waals surface area contributed by atoms with Gasteiger partial charge in [-0.25, -0.2) is 4.79 Å². The molecule has 0 atom stereocenters. The molecule has 1 aromatic rings. The molecule has 1 N–H and O–H groups in total. The van der Waals surface area contributed by atoms with Gasteiger partial charge in [-0.3, -0.25) is 0 Å². The van der Waals surface area contributed by atoms with Crippen molar-refractivity contribution in [2.75, 3.05) is 0 Å². The average Bonchev–Trinajstić information content (AvgIpc) is 2.86. The topological polar surface area (TPSA) is 49.7 Å². The van der Waals surface area contributed by atoms with Gasteiger partial charge in [0, 0.05) is 5.02 Å². The maximum atomic E-state index is 10.2. The normalized spacial score (nSPS) is 17.2. The third-order valence-corrected chi connectivity index (χ3v) is 2.75. The number of halogens is 1. The number of rotatable bonds is 2. The first-order valence-corrected chi connectivity index (χ1v) is 4.64. The summed E-state index contributed by atoms with van der Waals surface area (Å²) in [4.78, 5) is 14.0. The number of isocyanates is 1. The minimum absolute atomic E-state index is 0.115. The van der Waals surface area contributed by atoms with E-state index in [1.165, 1.54) is 6.07 Å². The number of aliphatic imine (C=N–C) groups is 1. The van der Waals surface area contributed by atoms with Crippen LogP contribution in [-0.2, 0) is 10.3 Å². The van der Waals surface area contributed by atoms with Crippen LogP contribution in [0.15, 0.2) is 23.2 Å². The second-order valence-electron chi connectivity index (χ2n) is 3.40. The van der Waals surface area contributed by atoms with Crippen LogP contribution < -0.4 is 0 Å². The molecule has 0 aromatic heterocycles. The molecule has 0 aliphatic heterocycles. The van der Waals surface area contributed by atoms with Crippen molar-refractivity contribution in [2.45, 2.75) is 18.4 Å². The third-order valence-electron chi connectivity index (χ3n) is 2.44. The predicted molar refractivity (Wildman–Crippen MR) is 52.2 cm³/mol. The van der Waals surface area contributed by atoms with Crippen molar-refractivity contribution in [1.82, 2.24) is 0 Å². The van der Waals surface area contributed by atoms with E-state index in [-0.39, 0.29) is 5.75 Å². The fraction of sp³-hybridized carbons (Fsp3) is 0.300. The molecule has 0 bridgehead atoms. The molecule has 0 radical (unpaired) electrons. The number of hydrogen-bond acceptors (Lipinski definition) is 3. The van der Waals surface area contributed by atoms with Gasteiger partial charge in [0.25, 0.3) is 0 Å². The maximum absolute atomic E-state index is 10.2. The van der Waals surface area contributed by atoms with Crippen LogP contribution in [0.1, 0.15) is 18.4 Å². The lowest BCUT2D eigenvalue weighted by atomic mass is 10.1. The summed E-state index contributed by atoms with van der Waals surface area (Å²) in [5, 5.41) is 9.61. The van der Waals surface area contributed by atoms with Crippen LogP contribution in [0.5, 0.6) is 5.75 Å². The minimum atomic E-state index is -0.466. The zero-order valence-electron chi connectivity index (χ0n) is 7.33. The SMILES string of the molecule is O=C=NC1(c2ccc(O)cc2Cl)CC1. The number of aromatic hydroxyl groups is 1. The highest BCUT2D eigenvalue weighted by Crippen LogP contribution is 2.51. The zero-order valence-corrected chi connectivity index (χ0v) is 8.08. The van der Waals surface area contributed by atoms with E-state index in [1.54, 1.807) is 18.2 Å². The van der Waals surface area contributed by atoms with Gasteiger partial charge in [0.15, 0.2) is 0 Å². The molecule has 0 amide bonds. The molecule has 0 heterocycles.